The van der Waals surface area contributed by atoms with Gasteiger partial charge in [0.15, 0.2) is 0 Å². The summed E-state index contributed by atoms with van der Waals surface area (Å²) < 4.78 is 5.50. The molecule has 0 saturated heterocycles. The molecule has 2 aromatic rings. The van der Waals surface area contributed by atoms with Gasteiger partial charge in [0.2, 0.25) is 0 Å². The van der Waals surface area contributed by atoms with Gasteiger partial charge in [-0.25, -0.2) is 4.79 Å². The number of hydrogen-bond donors (Lipinski definition) is 1. The van der Waals surface area contributed by atoms with Crippen molar-refractivity contribution in [1.82, 2.24) is 10.2 Å². The van der Waals surface area contributed by atoms with Crippen molar-refractivity contribution >= 4 is 6.09 Å². The van der Waals surface area contributed by atoms with Crippen molar-refractivity contribution in [2.45, 2.75) is 12.3 Å². The fraction of sp³-hybridized carbons (Fsp3) is 0.318. The highest BCUT2D eigenvalue weighted by molar-refractivity contribution is 5.79. The van der Waals surface area contributed by atoms with E-state index in [2.05, 4.69) is 35.5 Å². The van der Waals surface area contributed by atoms with Crippen LogP contribution in [0.1, 0.15) is 23.5 Å². The van der Waals surface area contributed by atoms with Gasteiger partial charge in [-0.1, -0.05) is 54.5 Å². The number of alkyl carbamates (subject to hydrolysis) is 1. The van der Waals surface area contributed by atoms with Gasteiger partial charge in [-0.3, -0.25) is 4.90 Å². The quantitative estimate of drug-likeness (QED) is 0.615. The number of fused-ring (bicyclic) bond motifs is 3. The van der Waals surface area contributed by atoms with Crippen LogP contribution in [0.15, 0.2) is 48.5 Å². The first-order valence-electron chi connectivity index (χ1n) is 8.91. The van der Waals surface area contributed by atoms with E-state index in [1.54, 1.807) is 0 Å². The minimum atomic E-state index is -0.369. The van der Waals surface area contributed by atoms with Crippen LogP contribution in [0.2, 0.25) is 0 Å². The second-order valence-corrected chi connectivity index (χ2v) is 6.55. The minimum Gasteiger partial charge on any atom is -0.449 e. The second-order valence-electron chi connectivity index (χ2n) is 6.55. The van der Waals surface area contributed by atoms with Crippen LogP contribution in [0.25, 0.3) is 11.1 Å². The lowest BCUT2D eigenvalue weighted by Gasteiger charge is -2.15. The molecule has 26 heavy (non-hydrogen) atoms. The van der Waals surface area contributed by atoms with E-state index in [0.29, 0.717) is 19.7 Å². The molecule has 0 heterocycles. The summed E-state index contributed by atoms with van der Waals surface area (Å²) in [6.45, 7) is 2.38. The average Bonchev–Trinajstić information content (AvgIpc) is 2.98. The molecular weight excluding hydrogens is 324 g/mol. The van der Waals surface area contributed by atoms with Crippen LogP contribution in [0.4, 0.5) is 4.79 Å². The molecule has 0 spiro atoms. The summed E-state index contributed by atoms with van der Waals surface area (Å²) in [5, 5.41) is 2.81. The smallest absolute Gasteiger partial charge is 0.407 e. The van der Waals surface area contributed by atoms with E-state index in [1.807, 2.05) is 36.2 Å². The molecule has 0 atom stereocenters. The second kappa shape index (κ2) is 8.55. The van der Waals surface area contributed by atoms with Gasteiger partial charge in [0.25, 0.3) is 0 Å². The first kappa shape index (κ1) is 18.0. The van der Waals surface area contributed by atoms with Crippen LogP contribution in [0.5, 0.6) is 0 Å². The van der Waals surface area contributed by atoms with Gasteiger partial charge in [0, 0.05) is 19.0 Å². The predicted molar refractivity (Wildman–Crippen MR) is 104 cm³/mol. The predicted octanol–water partition coefficient (Wildman–Crippen LogP) is 3.48. The van der Waals surface area contributed by atoms with Crippen molar-refractivity contribution in [3.8, 4) is 23.5 Å². The van der Waals surface area contributed by atoms with Crippen LogP contribution >= 0.6 is 0 Å². The Kier molecular flexibility index (Phi) is 5.93. The zero-order valence-corrected chi connectivity index (χ0v) is 15.1. The maximum Gasteiger partial charge on any atom is 0.407 e. The average molecular weight is 348 g/mol. The van der Waals surface area contributed by atoms with E-state index in [-0.39, 0.29) is 12.0 Å². The van der Waals surface area contributed by atoms with Crippen LogP contribution in [0, 0.1) is 12.3 Å². The van der Waals surface area contributed by atoms with Crippen molar-refractivity contribution in [1.29, 1.82) is 0 Å². The molecule has 0 saturated carbocycles. The van der Waals surface area contributed by atoms with Gasteiger partial charge >= 0.3 is 6.09 Å². The highest BCUT2D eigenvalue weighted by atomic mass is 16.5. The van der Waals surface area contributed by atoms with E-state index in [1.165, 1.54) is 22.3 Å². The number of carbonyl (C=O) groups excluding carboxylic acids is 1. The lowest BCUT2D eigenvalue weighted by Crippen LogP contribution is -2.29. The number of nitrogens with zero attached hydrogens (tertiary/aromatic N) is 1. The number of ether oxygens (including phenoxy) is 1. The fourth-order valence-electron chi connectivity index (χ4n) is 3.42. The Morgan fingerprint density at radius 2 is 1.77 bits per heavy atom. The molecule has 0 aliphatic heterocycles. The Balaban J connectivity index is 1.52. The summed E-state index contributed by atoms with van der Waals surface area (Å²) in [6, 6.07) is 16.6. The summed E-state index contributed by atoms with van der Waals surface area (Å²) in [5.74, 6) is 2.69. The molecule has 2 aromatic carbocycles. The molecule has 4 heteroatoms. The Hall–Kier alpha value is -2.77. The maximum atomic E-state index is 12.0. The Morgan fingerprint density at radius 3 is 2.38 bits per heavy atom. The number of rotatable bonds is 7. The molecule has 0 radical (unpaired) electrons. The number of nitrogens with one attached hydrogen (secondary N) is 1. The SMILES string of the molecule is C#CCN(C)CCCNC(=O)OCC1c2ccccc2-c2ccccc21. The Bertz CT molecular complexity index is 764. The monoisotopic (exact) mass is 348 g/mol. The van der Waals surface area contributed by atoms with Crippen LogP contribution in [-0.4, -0.2) is 44.3 Å². The van der Waals surface area contributed by atoms with Crippen molar-refractivity contribution in [3.05, 3.63) is 59.7 Å². The summed E-state index contributed by atoms with van der Waals surface area (Å²) in [5.41, 5.74) is 4.90. The molecule has 1 aliphatic rings. The number of benzene rings is 2. The number of carbonyl (C=O) groups is 1. The van der Waals surface area contributed by atoms with Crippen molar-refractivity contribution in [2.75, 3.05) is 33.3 Å². The summed E-state index contributed by atoms with van der Waals surface area (Å²) in [7, 11) is 1.97. The van der Waals surface area contributed by atoms with E-state index in [4.69, 9.17) is 11.2 Å². The third-order valence-electron chi connectivity index (χ3n) is 4.69. The summed E-state index contributed by atoms with van der Waals surface area (Å²) >= 11 is 0. The van der Waals surface area contributed by atoms with Gasteiger partial charge in [-0.2, -0.15) is 0 Å². The lowest BCUT2D eigenvalue weighted by atomic mass is 9.98. The Morgan fingerprint density at radius 1 is 1.15 bits per heavy atom. The third kappa shape index (κ3) is 4.07. The zero-order valence-electron chi connectivity index (χ0n) is 15.1. The largest absolute Gasteiger partial charge is 0.449 e. The van der Waals surface area contributed by atoms with Crippen LogP contribution in [0.3, 0.4) is 0 Å². The molecule has 0 unspecified atom stereocenters. The standard InChI is InChI=1S/C22H24N2O2/c1-3-14-24(2)15-8-13-23-22(25)26-16-21-19-11-6-4-9-17(19)18-10-5-7-12-20(18)21/h1,4-7,9-12,21H,8,13-16H2,2H3,(H,23,25). The van der Waals surface area contributed by atoms with E-state index in [9.17, 15) is 4.79 Å². The van der Waals surface area contributed by atoms with Gasteiger partial charge in [-0.05, 0) is 35.7 Å². The minimum absolute atomic E-state index is 0.0925. The molecule has 134 valence electrons. The topological polar surface area (TPSA) is 41.6 Å². The number of terminal acetylenes is 1. The molecule has 1 N–H and O–H groups in total. The maximum absolute atomic E-state index is 12.0. The molecule has 3 rings (SSSR count). The first-order valence-corrected chi connectivity index (χ1v) is 8.91. The number of hydrogen-bond acceptors (Lipinski definition) is 3. The molecule has 1 aliphatic carbocycles. The lowest BCUT2D eigenvalue weighted by molar-refractivity contribution is 0.142. The van der Waals surface area contributed by atoms with Crippen LogP contribution < -0.4 is 5.32 Å². The zero-order chi connectivity index (χ0) is 18.4. The molecule has 1 amide bonds. The van der Waals surface area contributed by atoms with E-state index in [0.717, 1.165) is 13.0 Å². The molecular formula is C22H24N2O2. The normalized spacial score (nSPS) is 12.3. The molecule has 0 aromatic heterocycles. The van der Waals surface area contributed by atoms with Crippen molar-refractivity contribution < 1.29 is 9.53 Å². The van der Waals surface area contributed by atoms with Gasteiger partial charge < -0.3 is 10.1 Å². The fourth-order valence-corrected chi connectivity index (χ4v) is 3.42. The van der Waals surface area contributed by atoms with E-state index >= 15 is 0 Å². The van der Waals surface area contributed by atoms with Gasteiger partial charge in [0.1, 0.15) is 6.61 Å². The molecule has 0 bridgehead atoms. The van der Waals surface area contributed by atoms with Crippen molar-refractivity contribution in [2.24, 2.45) is 0 Å². The summed E-state index contributed by atoms with van der Waals surface area (Å²) in [6.07, 6.45) is 5.73. The third-order valence-corrected chi connectivity index (χ3v) is 4.69. The van der Waals surface area contributed by atoms with Gasteiger partial charge in [-0.15, -0.1) is 6.42 Å². The molecule has 0 fully saturated rings. The summed E-state index contributed by atoms with van der Waals surface area (Å²) in [4.78, 5) is 14.1. The van der Waals surface area contributed by atoms with Gasteiger partial charge in [0.05, 0.1) is 6.54 Å². The highest BCUT2D eigenvalue weighted by Gasteiger charge is 2.28. The Labute approximate surface area is 155 Å². The van der Waals surface area contributed by atoms with Crippen LogP contribution in [-0.2, 0) is 4.74 Å². The first-order chi connectivity index (χ1) is 12.7. The molecule has 4 nitrogen and oxygen atoms in total. The number of amides is 1. The highest BCUT2D eigenvalue weighted by Crippen LogP contribution is 2.44. The van der Waals surface area contributed by atoms with Crippen molar-refractivity contribution in [3.63, 3.8) is 0 Å². The van der Waals surface area contributed by atoms with E-state index < -0.39 is 0 Å².